The van der Waals surface area contributed by atoms with Gasteiger partial charge in [-0.25, -0.2) is 8.42 Å². The summed E-state index contributed by atoms with van der Waals surface area (Å²) < 4.78 is 26.0. The van der Waals surface area contributed by atoms with Crippen LogP contribution in [0, 0.1) is 0 Å². The number of hydrogen-bond acceptors (Lipinski definition) is 3. The molecule has 0 aliphatic rings. The number of hydrogen-bond donors (Lipinski definition) is 2. The number of carbonyl (C=O) groups is 1. The molecule has 1 unspecified atom stereocenters. The van der Waals surface area contributed by atoms with E-state index in [0.717, 1.165) is 0 Å². The molecule has 100 valence electrons. The fraction of sp³-hybridized carbons (Fsp3) is 0.364. The highest BCUT2D eigenvalue weighted by atomic mass is 35.5. The summed E-state index contributed by atoms with van der Waals surface area (Å²) in [5.41, 5.74) is 0. The Morgan fingerprint density at radius 2 is 2.17 bits per heavy atom. The Labute approximate surface area is 111 Å². The fourth-order valence-corrected chi connectivity index (χ4v) is 2.94. The van der Waals surface area contributed by atoms with Crippen LogP contribution in [0.25, 0.3) is 0 Å². The van der Waals surface area contributed by atoms with Gasteiger partial charge < -0.3 is 5.11 Å². The summed E-state index contributed by atoms with van der Waals surface area (Å²) in [6, 6.07) is 4.54. The highest BCUT2D eigenvalue weighted by Crippen LogP contribution is 2.16. The zero-order valence-electron chi connectivity index (χ0n) is 9.76. The second-order valence-electron chi connectivity index (χ2n) is 3.76. The van der Waals surface area contributed by atoms with Gasteiger partial charge in [0.2, 0.25) is 10.0 Å². The second kappa shape index (κ2) is 6.17. The van der Waals surface area contributed by atoms with E-state index in [2.05, 4.69) is 4.72 Å². The zero-order valence-corrected chi connectivity index (χ0v) is 11.3. The van der Waals surface area contributed by atoms with Gasteiger partial charge in [-0.1, -0.05) is 31.0 Å². The summed E-state index contributed by atoms with van der Waals surface area (Å²) in [6.45, 7) is 1.78. The molecule has 1 rings (SSSR count). The van der Waals surface area contributed by atoms with Gasteiger partial charge >= 0.3 is 5.97 Å². The quantitative estimate of drug-likeness (QED) is 0.838. The Morgan fingerprint density at radius 1 is 1.50 bits per heavy atom. The Morgan fingerprint density at radius 3 is 2.67 bits per heavy atom. The Bertz CT molecular complexity index is 530. The molecule has 0 aliphatic carbocycles. The summed E-state index contributed by atoms with van der Waals surface area (Å²) >= 11 is 5.70. The molecule has 0 saturated carbocycles. The Balaban J connectivity index is 2.97. The molecule has 0 radical (unpaired) electrons. The lowest BCUT2D eigenvalue weighted by atomic mass is 10.2. The van der Waals surface area contributed by atoms with Gasteiger partial charge in [0.05, 0.1) is 4.90 Å². The van der Waals surface area contributed by atoms with Gasteiger partial charge in [0.1, 0.15) is 6.04 Å². The van der Waals surface area contributed by atoms with E-state index in [1.54, 1.807) is 13.0 Å². The first-order chi connectivity index (χ1) is 8.36. The molecule has 0 bridgehead atoms. The van der Waals surface area contributed by atoms with E-state index in [4.69, 9.17) is 16.7 Å². The number of sulfonamides is 1. The van der Waals surface area contributed by atoms with Gasteiger partial charge in [0.25, 0.3) is 0 Å². The zero-order chi connectivity index (χ0) is 13.8. The molecule has 1 atom stereocenters. The average Bonchev–Trinajstić information content (AvgIpc) is 2.28. The second-order valence-corrected chi connectivity index (χ2v) is 5.91. The van der Waals surface area contributed by atoms with Crippen molar-refractivity contribution >= 4 is 27.6 Å². The smallest absolute Gasteiger partial charge is 0.321 e. The monoisotopic (exact) mass is 291 g/mol. The van der Waals surface area contributed by atoms with Crippen LogP contribution < -0.4 is 4.72 Å². The van der Waals surface area contributed by atoms with Crippen molar-refractivity contribution in [1.82, 2.24) is 4.72 Å². The van der Waals surface area contributed by atoms with Crippen LogP contribution >= 0.6 is 11.6 Å². The van der Waals surface area contributed by atoms with Gasteiger partial charge in [0, 0.05) is 5.02 Å². The van der Waals surface area contributed by atoms with Crippen LogP contribution in [0.2, 0.25) is 5.02 Å². The number of aliphatic carboxylic acids is 1. The third-order valence-electron chi connectivity index (χ3n) is 2.28. The number of rotatable bonds is 6. The normalized spacial score (nSPS) is 13.2. The number of carboxylic acid groups (broad SMARTS) is 1. The molecule has 0 amide bonds. The van der Waals surface area contributed by atoms with Crippen LogP contribution in [0.4, 0.5) is 0 Å². The Hall–Kier alpha value is -1.11. The van der Waals surface area contributed by atoms with Crippen molar-refractivity contribution in [3.63, 3.8) is 0 Å². The predicted molar refractivity (Wildman–Crippen MR) is 68.1 cm³/mol. The maximum atomic E-state index is 11.9. The van der Waals surface area contributed by atoms with E-state index >= 15 is 0 Å². The molecule has 0 spiro atoms. The first kappa shape index (κ1) is 14.9. The lowest BCUT2D eigenvalue weighted by Crippen LogP contribution is -2.40. The van der Waals surface area contributed by atoms with Crippen molar-refractivity contribution in [3.05, 3.63) is 29.3 Å². The number of benzene rings is 1. The molecule has 0 fully saturated rings. The summed E-state index contributed by atoms with van der Waals surface area (Å²) in [4.78, 5) is 10.9. The van der Waals surface area contributed by atoms with E-state index < -0.39 is 22.0 Å². The molecule has 7 heteroatoms. The Kier molecular flexibility index (Phi) is 5.13. The SMILES string of the molecule is CCCC(NS(=O)(=O)c1cccc(Cl)c1)C(=O)O. The van der Waals surface area contributed by atoms with Crippen LogP contribution in [-0.4, -0.2) is 25.5 Å². The summed E-state index contributed by atoms with van der Waals surface area (Å²) in [5, 5.41) is 9.19. The number of halogens is 1. The van der Waals surface area contributed by atoms with Gasteiger partial charge in [-0.2, -0.15) is 4.72 Å². The van der Waals surface area contributed by atoms with Gasteiger partial charge in [0.15, 0.2) is 0 Å². The third kappa shape index (κ3) is 3.97. The van der Waals surface area contributed by atoms with Crippen LogP contribution in [0.1, 0.15) is 19.8 Å². The van der Waals surface area contributed by atoms with Crippen molar-refractivity contribution in [2.75, 3.05) is 0 Å². The van der Waals surface area contributed by atoms with Gasteiger partial charge in [-0.15, -0.1) is 0 Å². The lowest BCUT2D eigenvalue weighted by molar-refractivity contribution is -0.139. The maximum Gasteiger partial charge on any atom is 0.321 e. The molecular formula is C11H14ClNO4S. The average molecular weight is 292 g/mol. The topological polar surface area (TPSA) is 83.5 Å². The molecule has 0 saturated heterocycles. The molecule has 2 N–H and O–H groups in total. The molecule has 18 heavy (non-hydrogen) atoms. The molecule has 1 aromatic carbocycles. The van der Waals surface area contributed by atoms with Crippen molar-refractivity contribution < 1.29 is 18.3 Å². The van der Waals surface area contributed by atoms with E-state index in [0.29, 0.717) is 6.42 Å². The highest BCUT2D eigenvalue weighted by molar-refractivity contribution is 7.89. The van der Waals surface area contributed by atoms with Gasteiger partial charge in [-0.05, 0) is 24.6 Å². The van der Waals surface area contributed by atoms with E-state index in [1.165, 1.54) is 18.2 Å². The lowest BCUT2D eigenvalue weighted by Gasteiger charge is -2.13. The van der Waals surface area contributed by atoms with E-state index in [1.807, 2.05) is 0 Å². The maximum absolute atomic E-state index is 11.9. The van der Waals surface area contributed by atoms with Crippen molar-refractivity contribution in [1.29, 1.82) is 0 Å². The van der Waals surface area contributed by atoms with Crippen LogP contribution in [0.5, 0.6) is 0 Å². The summed E-state index contributed by atoms with van der Waals surface area (Å²) in [7, 11) is -3.86. The van der Waals surface area contributed by atoms with Crippen LogP contribution in [-0.2, 0) is 14.8 Å². The van der Waals surface area contributed by atoms with Gasteiger partial charge in [-0.3, -0.25) is 4.79 Å². The molecule has 1 aromatic rings. The standard InChI is InChI=1S/C11H14ClNO4S/c1-2-4-10(11(14)15)13-18(16,17)9-6-3-5-8(12)7-9/h3,5-7,10,13H,2,4H2,1H3,(H,14,15). The first-order valence-corrected chi connectivity index (χ1v) is 7.23. The van der Waals surface area contributed by atoms with E-state index in [9.17, 15) is 13.2 Å². The minimum Gasteiger partial charge on any atom is -0.480 e. The van der Waals surface area contributed by atoms with Crippen molar-refractivity contribution in [2.24, 2.45) is 0 Å². The highest BCUT2D eigenvalue weighted by Gasteiger charge is 2.24. The first-order valence-electron chi connectivity index (χ1n) is 5.37. The van der Waals surface area contributed by atoms with Crippen molar-refractivity contribution in [3.8, 4) is 0 Å². The molecule has 0 aromatic heterocycles. The summed E-state index contributed by atoms with van der Waals surface area (Å²) in [6.07, 6.45) is 0.796. The molecule has 0 aliphatic heterocycles. The number of carboxylic acids is 1. The fourth-order valence-electron chi connectivity index (χ4n) is 1.41. The van der Waals surface area contributed by atoms with Crippen LogP contribution in [0.15, 0.2) is 29.2 Å². The predicted octanol–water partition coefficient (Wildman–Crippen LogP) is 1.87. The third-order valence-corrected chi connectivity index (χ3v) is 3.98. The summed E-state index contributed by atoms with van der Waals surface area (Å²) in [5.74, 6) is -1.19. The largest absolute Gasteiger partial charge is 0.480 e. The molecule has 5 nitrogen and oxygen atoms in total. The number of nitrogens with one attached hydrogen (secondary N) is 1. The van der Waals surface area contributed by atoms with Crippen LogP contribution in [0.3, 0.4) is 0 Å². The molecular weight excluding hydrogens is 278 g/mol. The minimum absolute atomic E-state index is 0.0441. The van der Waals surface area contributed by atoms with Crippen molar-refractivity contribution in [2.45, 2.75) is 30.7 Å². The van der Waals surface area contributed by atoms with E-state index in [-0.39, 0.29) is 16.3 Å². The molecule has 0 heterocycles. The minimum atomic E-state index is -3.86.